The molecule has 24 heavy (non-hydrogen) atoms. The van der Waals surface area contributed by atoms with Crippen LogP contribution in [-0.4, -0.2) is 52.3 Å². The van der Waals surface area contributed by atoms with Gasteiger partial charge in [-0.05, 0) is 69.5 Å². The largest absolute Gasteiger partial charge is 0.300 e. The predicted molar refractivity (Wildman–Crippen MR) is 104 cm³/mol. The van der Waals surface area contributed by atoms with Gasteiger partial charge in [-0.25, -0.2) is 8.42 Å². The van der Waals surface area contributed by atoms with E-state index in [0.717, 1.165) is 50.7 Å². The van der Waals surface area contributed by atoms with E-state index in [9.17, 15) is 12.6 Å². The van der Waals surface area contributed by atoms with E-state index in [0.29, 0.717) is 17.2 Å². The van der Waals surface area contributed by atoms with Crippen LogP contribution in [0.2, 0.25) is 0 Å². The quantitative estimate of drug-likeness (QED) is 0.778. The lowest BCUT2D eigenvalue weighted by Gasteiger charge is -2.39. The third-order valence-corrected chi connectivity index (χ3v) is 11.0. The van der Waals surface area contributed by atoms with Gasteiger partial charge in [0, 0.05) is 34.1 Å². The van der Waals surface area contributed by atoms with Crippen LogP contribution in [0.25, 0.3) is 0 Å². The number of piperidine rings is 1. The third kappa shape index (κ3) is 4.98. The summed E-state index contributed by atoms with van der Waals surface area (Å²) in [6.45, 7) is 0. The molecule has 1 N–H and O–H groups in total. The van der Waals surface area contributed by atoms with Gasteiger partial charge in [0.15, 0.2) is 0 Å². The van der Waals surface area contributed by atoms with Crippen molar-refractivity contribution in [2.45, 2.75) is 79.7 Å². The molecule has 0 radical (unpaired) electrons. The summed E-state index contributed by atoms with van der Waals surface area (Å²) >= 11 is 1.99. The first-order valence-electron chi connectivity index (χ1n) is 9.37. The summed E-state index contributed by atoms with van der Waals surface area (Å²) in [6, 6.07) is 0.435. The van der Waals surface area contributed by atoms with E-state index in [1.54, 1.807) is 0 Å². The Morgan fingerprint density at radius 3 is 2.42 bits per heavy atom. The highest BCUT2D eigenvalue weighted by Gasteiger charge is 2.35. The molecule has 0 amide bonds. The van der Waals surface area contributed by atoms with Gasteiger partial charge >= 0.3 is 0 Å². The van der Waals surface area contributed by atoms with Crippen molar-refractivity contribution in [3.8, 4) is 0 Å². The number of rotatable bonds is 5. The molecule has 2 saturated heterocycles. The topological polar surface area (TPSA) is 63.2 Å². The summed E-state index contributed by atoms with van der Waals surface area (Å²) in [5.74, 6) is 2.63. The van der Waals surface area contributed by atoms with Crippen LogP contribution in [0.5, 0.6) is 0 Å². The molecule has 0 aromatic heterocycles. The van der Waals surface area contributed by atoms with Crippen molar-refractivity contribution >= 4 is 32.4 Å². The fourth-order valence-electron chi connectivity index (χ4n) is 4.50. The number of hydrogen-bond acceptors (Lipinski definition) is 5. The average Bonchev–Trinajstić information content (AvgIpc) is 3.07. The molecule has 3 unspecified atom stereocenters. The van der Waals surface area contributed by atoms with Gasteiger partial charge in [-0.15, -0.1) is 0 Å². The molecule has 0 aromatic rings. The minimum Gasteiger partial charge on any atom is -0.300 e. The highest BCUT2D eigenvalue weighted by Crippen LogP contribution is 2.34. The van der Waals surface area contributed by atoms with Crippen LogP contribution in [0.15, 0.2) is 0 Å². The van der Waals surface area contributed by atoms with Crippen molar-refractivity contribution < 1.29 is 12.6 Å². The third-order valence-electron chi connectivity index (χ3n) is 5.97. The summed E-state index contributed by atoms with van der Waals surface area (Å²) < 4.78 is 36.2. The molecule has 2 heterocycles. The SMILES string of the molecule is CS(=O)(=O)C1CCC(C2CCCC([S@@](=O)CC3CCCS3)N2)CC1. The predicted octanol–water partition coefficient (Wildman–Crippen LogP) is 2.70. The van der Waals surface area contributed by atoms with Crippen LogP contribution < -0.4 is 5.32 Å². The summed E-state index contributed by atoms with van der Waals surface area (Å²) in [7, 11) is -3.66. The summed E-state index contributed by atoms with van der Waals surface area (Å²) in [4.78, 5) is 0. The monoisotopic (exact) mass is 393 g/mol. The summed E-state index contributed by atoms with van der Waals surface area (Å²) in [5, 5.41) is 4.30. The fraction of sp³-hybridized carbons (Fsp3) is 1.00. The molecule has 2 aliphatic heterocycles. The van der Waals surface area contributed by atoms with E-state index >= 15 is 0 Å². The van der Waals surface area contributed by atoms with Crippen molar-refractivity contribution in [3.63, 3.8) is 0 Å². The molecule has 0 aromatic carbocycles. The van der Waals surface area contributed by atoms with Gasteiger partial charge in [0.25, 0.3) is 0 Å². The van der Waals surface area contributed by atoms with Crippen molar-refractivity contribution in [2.24, 2.45) is 5.92 Å². The van der Waals surface area contributed by atoms with Gasteiger partial charge in [-0.1, -0.05) is 0 Å². The van der Waals surface area contributed by atoms with Gasteiger partial charge in [-0.2, -0.15) is 11.8 Å². The molecule has 140 valence electrons. The van der Waals surface area contributed by atoms with Crippen LogP contribution in [0.4, 0.5) is 0 Å². The zero-order valence-electron chi connectivity index (χ0n) is 14.6. The van der Waals surface area contributed by atoms with E-state index in [-0.39, 0.29) is 10.6 Å². The molecule has 3 aliphatic rings. The molecule has 4 atom stereocenters. The summed E-state index contributed by atoms with van der Waals surface area (Å²) in [6.07, 6.45) is 10.8. The molecule has 0 bridgehead atoms. The second-order valence-electron chi connectivity index (χ2n) is 7.74. The molecule has 4 nitrogen and oxygen atoms in total. The van der Waals surface area contributed by atoms with Gasteiger partial charge < -0.3 is 5.32 Å². The fourth-order valence-corrected chi connectivity index (χ4v) is 8.94. The molecule has 1 aliphatic carbocycles. The maximum absolute atomic E-state index is 12.7. The van der Waals surface area contributed by atoms with E-state index in [1.807, 2.05) is 11.8 Å². The molecular formula is C17H31NO3S3. The van der Waals surface area contributed by atoms with Crippen LogP contribution in [0, 0.1) is 5.92 Å². The standard InChI is InChI=1S/C17H31NO3S3/c1-24(20,21)15-9-7-13(8-10-15)16-5-2-6-17(18-16)23(19)12-14-4-3-11-22-14/h13-18H,2-12H2,1H3/t13?,14?,15?,16?,17?,23-/m0/s1. The first-order chi connectivity index (χ1) is 11.4. The van der Waals surface area contributed by atoms with Gasteiger partial charge in [0.2, 0.25) is 0 Å². The van der Waals surface area contributed by atoms with Gasteiger partial charge in [0.05, 0.1) is 10.6 Å². The number of nitrogens with one attached hydrogen (secondary N) is 1. The number of hydrogen-bond donors (Lipinski definition) is 1. The molecule has 0 spiro atoms. The molecule has 1 saturated carbocycles. The minimum atomic E-state index is -2.89. The van der Waals surface area contributed by atoms with Crippen LogP contribution in [-0.2, 0) is 20.6 Å². The Morgan fingerprint density at radius 1 is 1.04 bits per heavy atom. The Hall–Kier alpha value is 0.410. The maximum Gasteiger partial charge on any atom is 0.150 e. The Kier molecular flexibility index (Phi) is 6.71. The first kappa shape index (κ1) is 19.2. The normalized spacial score (nSPS) is 39.6. The van der Waals surface area contributed by atoms with Crippen molar-refractivity contribution in [1.82, 2.24) is 5.32 Å². The average molecular weight is 394 g/mol. The number of sulfone groups is 1. The second kappa shape index (κ2) is 8.40. The first-order valence-corrected chi connectivity index (χ1v) is 13.8. The van der Waals surface area contributed by atoms with Gasteiger partial charge in [0.1, 0.15) is 9.84 Å². The highest BCUT2D eigenvalue weighted by atomic mass is 32.2. The zero-order chi connectivity index (χ0) is 17.2. The molecule has 3 fully saturated rings. The minimum absolute atomic E-state index is 0.137. The number of thioether (sulfide) groups is 1. The Morgan fingerprint density at radius 2 is 1.79 bits per heavy atom. The van der Waals surface area contributed by atoms with Crippen LogP contribution in [0.3, 0.4) is 0 Å². The van der Waals surface area contributed by atoms with E-state index in [2.05, 4.69) is 5.32 Å². The zero-order valence-corrected chi connectivity index (χ0v) is 17.1. The maximum atomic E-state index is 12.7. The smallest absolute Gasteiger partial charge is 0.150 e. The van der Waals surface area contributed by atoms with Crippen molar-refractivity contribution in [3.05, 3.63) is 0 Å². The van der Waals surface area contributed by atoms with Gasteiger partial charge in [-0.3, -0.25) is 4.21 Å². The second-order valence-corrected chi connectivity index (χ2v) is 13.1. The lowest BCUT2D eigenvalue weighted by Crippen LogP contribution is -2.50. The highest BCUT2D eigenvalue weighted by molar-refractivity contribution is 8.01. The van der Waals surface area contributed by atoms with E-state index in [1.165, 1.54) is 24.9 Å². The Balaban J connectivity index is 1.49. The van der Waals surface area contributed by atoms with Crippen molar-refractivity contribution in [2.75, 3.05) is 17.8 Å². The van der Waals surface area contributed by atoms with Crippen LogP contribution in [0.1, 0.15) is 57.8 Å². The van der Waals surface area contributed by atoms with Crippen molar-refractivity contribution in [1.29, 1.82) is 0 Å². The Labute approximate surface area is 153 Å². The van der Waals surface area contributed by atoms with E-state index < -0.39 is 20.6 Å². The summed E-state index contributed by atoms with van der Waals surface area (Å²) in [5.41, 5.74) is 0. The molecule has 7 heteroatoms. The van der Waals surface area contributed by atoms with E-state index in [4.69, 9.17) is 0 Å². The Bertz CT molecular complexity index is 537. The van der Waals surface area contributed by atoms with Crippen LogP contribution >= 0.6 is 11.8 Å². The lowest BCUT2D eigenvalue weighted by atomic mass is 9.80. The molecular weight excluding hydrogens is 362 g/mol. The molecule has 3 rings (SSSR count). The lowest BCUT2D eigenvalue weighted by molar-refractivity contribution is 0.227.